The van der Waals surface area contributed by atoms with E-state index in [1.54, 1.807) is 20.4 Å². The summed E-state index contributed by atoms with van der Waals surface area (Å²) < 4.78 is 10.9. The van der Waals surface area contributed by atoms with Crippen LogP contribution in [0.25, 0.3) is 0 Å². The number of nitrogens with one attached hydrogen (secondary N) is 1. The van der Waals surface area contributed by atoms with E-state index in [-0.39, 0.29) is 0 Å². The van der Waals surface area contributed by atoms with Gasteiger partial charge in [0.2, 0.25) is 5.95 Å². The number of nitrogens with zero attached hydrogens (tertiary/aromatic N) is 4. The van der Waals surface area contributed by atoms with Crippen LogP contribution in [0, 0.1) is 0 Å². The molecule has 0 atom stereocenters. The predicted molar refractivity (Wildman–Crippen MR) is 113 cm³/mol. The van der Waals surface area contributed by atoms with Gasteiger partial charge < -0.3 is 19.7 Å². The Morgan fingerprint density at radius 1 is 1.03 bits per heavy atom. The lowest BCUT2D eigenvalue weighted by atomic mass is 9.99. The highest BCUT2D eigenvalue weighted by Crippen LogP contribution is 2.34. The number of fused-ring (bicyclic) bond motifs is 1. The van der Waals surface area contributed by atoms with E-state index in [0.717, 1.165) is 48.9 Å². The van der Waals surface area contributed by atoms with Crippen molar-refractivity contribution in [1.82, 2.24) is 15.2 Å². The van der Waals surface area contributed by atoms with Crippen LogP contribution in [0.3, 0.4) is 0 Å². The molecule has 0 fully saturated rings. The monoisotopic (exact) mass is 391 g/mol. The van der Waals surface area contributed by atoms with Gasteiger partial charge in [-0.25, -0.2) is 0 Å². The highest BCUT2D eigenvalue weighted by molar-refractivity contribution is 5.56. The number of benzene rings is 2. The minimum atomic E-state index is 0.491. The minimum Gasteiger partial charge on any atom is -0.493 e. The third-order valence-electron chi connectivity index (χ3n) is 5.21. The molecule has 0 spiro atoms. The van der Waals surface area contributed by atoms with Gasteiger partial charge in [-0.3, -0.25) is 0 Å². The predicted octanol–water partition coefficient (Wildman–Crippen LogP) is 3.76. The zero-order chi connectivity index (χ0) is 20.2. The third kappa shape index (κ3) is 4.08. The summed E-state index contributed by atoms with van der Waals surface area (Å²) in [4.78, 5) is 6.87. The molecule has 3 aromatic rings. The summed E-state index contributed by atoms with van der Waals surface area (Å²) in [6.07, 6.45) is 3.62. The lowest BCUT2D eigenvalue weighted by Crippen LogP contribution is -2.31. The van der Waals surface area contributed by atoms with Crippen molar-refractivity contribution in [3.8, 4) is 11.5 Å². The molecule has 1 aromatic heterocycles. The summed E-state index contributed by atoms with van der Waals surface area (Å²) in [6.45, 7) is 3.73. The summed E-state index contributed by atoms with van der Waals surface area (Å²) in [5.41, 5.74) is 4.72. The topological polar surface area (TPSA) is 72.4 Å². The first-order chi connectivity index (χ1) is 14.2. The van der Waals surface area contributed by atoms with E-state index in [4.69, 9.17) is 9.47 Å². The van der Waals surface area contributed by atoms with E-state index >= 15 is 0 Å². The Morgan fingerprint density at radius 3 is 2.45 bits per heavy atom. The summed E-state index contributed by atoms with van der Waals surface area (Å²) >= 11 is 0. The van der Waals surface area contributed by atoms with Gasteiger partial charge in [0.15, 0.2) is 17.3 Å². The molecule has 7 nitrogen and oxygen atoms in total. The Labute approximate surface area is 170 Å². The van der Waals surface area contributed by atoms with E-state index < -0.39 is 0 Å². The van der Waals surface area contributed by atoms with Gasteiger partial charge in [-0.05, 0) is 53.8 Å². The Hall–Kier alpha value is -3.35. The SMILES string of the molecule is CCc1ccc(Nc2nncc(N3CCc4cc(OC)c(OC)cc4C3)n2)cc1. The lowest BCUT2D eigenvalue weighted by Gasteiger charge is -2.30. The van der Waals surface area contributed by atoms with Gasteiger partial charge in [0.1, 0.15) is 0 Å². The van der Waals surface area contributed by atoms with Crippen molar-refractivity contribution < 1.29 is 9.47 Å². The van der Waals surface area contributed by atoms with Crippen LogP contribution in [-0.2, 0) is 19.4 Å². The van der Waals surface area contributed by atoms with Crippen LogP contribution < -0.4 is 19.7 Å². The van der Waals surface area contributed by atoms with E-state index in [0.29, 0.717) is 5.95 Å². The molecule has 0 saturated heterocycles. The highest BCUT2D eigenvalue weighted by atomic mass is 16.5. The molecule has 2 heterocycles. The van der Waals surface area contributed by atoms with Crippen LogP contribution in [0.4, 0.5) is 17.5 Å². The highest BCUT2D eigenvalue weighted by Gasteiger charge is 2.21. The first-order valence-electron chi connectivity index (χ1n) is 9.74. The molecular weight excluding hydrogens is 366 g/mol. The van der Waals surface area contributed by atoms with Gasteiger partial charge in [-0.1, -0.05) is 19.1 Å². The second-order valence-electron chi connectivity index (χ2n) is 6.96. The summed E-state index contributed by atoms with van der Waals surface area (Å²) in [5.74, 6) is 2.80. The zero-order valence-electron chi connectivity index (χ0n) is 17.0. The van der Waals surface area contributed by atoms with E-state index in [2.05, 4.69) is 50.5 Å². The second-order valence-corrected chi connectivity index (χ2v) is 6.96. The fraction of sp³-hybridized carbons (Fsp3) is 0.318. The number of hydrogen-bond acceptors (Lipinski definition) is 7. The zero-order valence-corrected chi connectivity index (χ0v) is 17.0. The number of hydrogen-bond donors (Lipinski definition) is 1. The summed E-state index contributed by atoms with van der Waals surface area (Å²) in [5, 5.41) is 11.5. The number of methoxy groups -OCH3 is 2. The van der Waals surface area contributed by atoms with Gasteiger partial charge in [0.05, 0.1) is 20.4 Å². The molecule has 0 saturated carbocycles. The Morgan fingerprint density at radius 2 is 1.76 bits per heavy atom. The molecule has 29 heavy (non-hydrogen) atoms. The Balaban J connectivity index is 1.53. The van der Waals surface area contributed by atoms with Crippen molar-refractivity contribution in [2.45, 2.75) is 26.3 Å². The van der Waals surface area contributed by atoms with Crippen molar-refractivity contribution >= 4 is 17.5 Å². The van der Waals surface area contributed by atoms with Crippen LogP contribution >= 0.6 is 0 Å². The number of aromatic nitrogens is 3. The molecule has 0 unspecified atom stereocenters. The molecule has 4 rings (SSSR count). The van der Waals surface area contributed by atoms with Crippen molar-refractivity contribution in [1.29, 1.82) is 0 Å². The van der Waals surface area contributed by atoms with Crippen molar-refractivity contribution in [2.75, 3.05) is 31.0 Å². The fourth-order valence-corrected chi connectivity index (χ4v) is 3.53. The molecule has 7 heteroatoms. The first-order valence-corrected chi connectivity index (χ1v) is 9.74. The maximum Gasteiger partial charge on any atom is 0.249 e. The maximum absolute atomic E-state index is 5.45. The molecule has 0 amide bonds. The summed E-state index contributed by atoms with van der Waals surface area (Å²) in [6, 6.07) is 12.4. The molecular formula is C22H25N5O2. The average molecular weight is 391 g/mol. The second kappa shape index (κ2) is 8.34. The van der Waals surface area contributed by atoms with Gasteiger partial charge >= 0.3 is 0 Å². The molecule has 0 bridgehead atoms. The Bertz CT molecular complexity index is 991. The Kier molecular flexibility index (Phi) is 5.46. The number of aryl methyl sites for hydroxylation is 1. The van der Waals surface area contributed by atoms with Crippen molar-refractivity contribution in [2.24, 2.45) is 0 Å². The standard InChI is InChI=1S/C22H25N5O2/c1-4-15-5-7-18(8-6-15)24-22-25-21(13-23-26-22)27-10-9-16-11-19(28-2)20(29-3)12-17(16)14-27/h5-8,11-13H,4,9-10,14H2,1-3H3,(H,24,25,26). The lowest BCUT2D eigenvalue weighted by molar-refractivity contribution is 0.353. The van der Waals surface area contributed by atoms with Gasteiger partial charge in [0, 0.05) is 18.8 Å². The average Bonchev–Trinajstić information content (AvgIpc) is 2.78. The first kappa shape index (κ1) is 19.0. The number of rotatable bonds is 6. The van der Waals surface area contributed by atoms with Gasteiger partial charge in [-0.15, -0.1) is 5.10 Å². The largest absolute Gasteiger partial charge is 0.493 e. The van der Waals surface area contributed by atoms with Crippen LogP contribution in [0.1, 0.15) is 23.6 Å². The number of anilines is 3. The van der Waals surface area contributed by atoms with Crippen LogP contribution in [0.5, 0.6) is 11.5 Å². The molecule has 1 aliphatic heterocycles. The quantitative estimate of drug-likeness (QED) is 0.686. The molecule has 0 aliphatic carbocycles. The third-order valence-corrected chi connectivity index (χ3v) is 5.21. The summed E-state index contributed by atoms with van der Waals surface area (Å²) in [7, 11) is 3.32. The van der Waals surface area contributed by atoms with Crippen molar-refractivity contribution in [3.05, 3.63) is 59.3 Å². The van der Waals surface area contributed by atoms with E-state index in [1.807, 2.05) is 18.2 Å². The molecule has 1 aliphatic rings. The van der Waals surface area contributed by atoms with Crippen LogP contribution in [0.15, 0.2) is 42.6 Å². The minimum absolute atomic E-state index is 0.491. The van der Waals surface area contributed by atoms with Crippen molar-refractivity contribution in [3.63, 3.8) is 0 Å². The van der Waals surface area contributed by atoms with Crippen LogP contribution in [0.2, 0.25) is 0 Å². The molecule has 2 aromatic carbocycles. The van der Waals surface area contributed by atoms with Gasteiger partial charge in [0.25, 0.3) is 0 Å². The molecule has 1 N–H and O–H groups in total. The normalized spacial score (nSPS) is 13.0. The molecule has 150 valence electrons. The number of ether oxygens (including phenoxy) is 2. The fourth-order valence-electron chi connectivity index (χ4n) is 3.53. The van der Waals surface area contributed by atoms with Crippen LogP contribution in [-0.4, -0.2) is 35.9 Å². The maximum atomic E-state index is 5.45. The smallest absolute Gasteiger partial charge is 0.249 e. The van der Waals surface area contributed by atoms with Gasteiger partial charge in [-0.2, -0.15) is 10.1 Å². The van der Waals surface area contributed by atoms with E-state index in [1.165, 1.54) is 16.7 Å². The molecule has 0 radical (unpaired) electrons. The van der Waals surface area contributed by atoms with E-state index in [9.17, 15) is 0 Å².